The van der Waals surface area contributed by atoms with E-state index < -0.39 is 5.97 Å². The Hall–Kier alpha value is -3.05. The summed E-state index contributed by atoms with van der Waals surface area (Å²) in [5, 5.41) is 19.2. The highest BCUT2D eigenvalue weighted by Crippen LogP contribution is 2.30. The summed E-state index contributed by atoms with van der Waals surface area (Å²) in [6.07, 6.45) is 1.49. The number of aromatic hydroxyl groups is 1. The average Bonchev–Trinajstić information content (AvgIpc) is 3.02. The molecule has 0 aliphatic heterocycles. The lowest BCUT2D eigenvalue weighted by molar-refractivity contribution is 0.0697. The van der Waals surface area contributed by atoms with Gasteiger partial charge in [-0.1, -0.05) is 17.7 Å². The zero-order valence-electron chi connectivity index (χ0n) is 13.2. The molecule has 0 amide bonds. The number of carboxylic acids is 1. The van der Waals surface area contributed by atoms with Gasteiger partial charge in [-0.2, -0.15) is 0 Å². The minimum absolute atomic E-state index is 0.0179. The van der Waals surface area contributed by atoms with Crippen LogP contribution < -0.4 is 0 Å². The van der Waals surface area contributed by atoms with Gasteiger partial charge in [0.15, 0.2) is 0 Å². The monoisotopic (exact) mass is 355 g/mol. The van der Waals surface area contributed by atoms with Gasteiger partial charge in [0, 0.05) is 16.7 Å². The van der Waals surface area contributed by atoms with Crippen molar-refractivity contribution in [3.05, 3.63) is 70.4 Å². The SMILES string of the molecule is Cc1cc(C(=O)O)ccc1-c1ccc(C=Nc2ccc(Cl)cc2O)o1. The molecule has 0 saturated carbocycles. The third-order valence-corrected chi connectivity index (χ3v) is 3.87. The van der Waals surface area contributed by atoms with Crippen molar-refractivity contribution in [2.75, 3.05) is 0 Å². The first kappa shape index (κ1) is 16.8. The molecule has 6 heteroatoms. The Morgan fingerprint density at radius 3 is 2.64 bits per heavy atom. The van der Waals surface area contributed by atoms with E-state index in [0.29, 0.717) is 22.2 Å². The quantitative estimate of drug-likeness (QED) is 0.640. The number of hydrogen-bond acceptors (Lipinski definition) is 4. The highest BCUT2D eigenvalue weighted by molar-refractivity contribution is 6.30. The van der Waals surface area contributed by atoms with Gasteiger partial charge in [-0.25, -0.2) is 9.79 Å². The van der Waals surface area contributed by atoms with Crippen molar-refractivity contribution in [2.24, 2.45) is 4.99 Å². The number of aliphatic imine (C=N–C) groups is 1. The summed E-state index contributed by atoms with van der Waals surface area (Å²) < 4.78 is 5.73. The van der Waals surface area contributed by atoms with E-state index in [9.17, 15) is 9.90 Å². The number of phenolic OH excluding ortho intramolecular Hbond substituents is 1. The molecule has 0 unspecified atom stereocenters. The molecule has 0 aliphatic rings. The molecular formula is C19H14ClNO4. The number of carboxylic acid groups (broad SMARTS) is 1. The van der Waals surface area contributed by atoms with Crippen LogP contribution in [0.5, 0.6) is 5.75 Å². The van der Waals surface area contributed by atoms with Crippen molar-refractivity contribution in [2.45, 2.75) is 6.92 Å². The van der Waals surface area contributed by atoms with Crippen LogP contribution >= 0.6 is 11.6 Å². The first-order valence-corrected chi connectivity index (χ1v) is 7.78. The minimum Gasteiger partial charge on any atom is -0.506 e. The van der Waals surface area contributed by atoms with Gasteiger partial charge < -0.3 is 14.6 Å². The van der Waals surface area contributed by atoms with Crippen molar-refractivity contribution in [3.8, 4) is 17.1 Å². The van der Waals surface area contributed by atoms with Gasteiger partial charge in [0.25, 0.3) is 0 Å². The van der Waals surface area contributed by atoms with Crippen LogP contribution in [0.15, 0.2) is 57.9 Å². The van der Waals surface area contributed by atoms with Crippen molar-refractivity contribution >= 4 is 29.5 Å². The molecular weight excluding hydrogens is 342 g/mol. The zero-order chi connectivity index (χ0) is 18.0. The molecule has 126 valence electrons. The van der Waals surface area contributed by atoms with E-state index in [0.717, 1.165) is 11.1 Å². The van der Waals surface area contributed by atoms with Gasteiger partial charge in [-0.3, -0.25) is 0 Å². The predicted octanol–water partition coefficient (Wildman–Crippen LogP) is 5.06. The molecule has 1 heterocycles. The molecule has 0 aliphatic carbocycles. The van der Waals surface area contributed by atoms with E-state index in [-0.39, 0.29) is 11.3 Å². The lowest BCUT2D eigenvalue weighted by Gasteiger charge is -2.03. The first-order chi connectivity index (χ1) is 11.9. The van der Waals surface area contributed by atoms with E-state index in [1.165, 1.54) is 18.3 Å². The summed E-state index contributed by atoms with van der Waals surface area (Å²) in [4.78, 5) is 15.2. The molecule has 0 bridgehead atoms. The largest absolute Gasteiger partial charge is 0.506 e. The van der Waals surface area contributed by atoms with Crippen LogP contribution in [0.25, 0.3) is 11.3 Å². The van der Waals surface area contributed by atoms with Gasteiger partial charge in [-0.15, -0.1) is 0 Å². The summed E-state index contributed by atoms with van der Waals surface area (Å²) in [7, 11) is 0. The lowest BCUT2D eigenvalue weighted by Crippen LogP contribution is -1.96. The number of furan rings is 1. The average molecular weight is 356 g/mol. The number of phenols is 1. The number of benzene rings is 2. The van der Waals surface area contributed by atoms with Gasteiger partial charge in [0.1, 0.15) is 23.0 Å². The Morgan fingerprint density at radius 2 is 1.96 bits per heavy atom. The zero-order valence-corrected chi connectivity index (χ0v) is 14.0. The summed E-state index contributed by atoms with van der Waals surface area (Å²) in [5.74, 6) is 0.127. The number of hydrogen-bond donors (Lipinski definition) is 2. The molecule has 0 radical (unpaired) electrons. The van der Waals surface area contributed by atoms with Crippen molar-refractivity contribution < 1.29 is 19.4 Å². The Kier molecular flexibility index (Phi) is 4.59. The van der Waals surface area contributed by atoms with E-state index >= 15 is 0 Å². The molecule has 0 fully saturated rings. The van der Waals surface area contributed by atoms with Crippen molar-refractivity contribution in [1.29, 1.82) is 0 Å². The van der Waals surface area contributed by atoms with Gasteiger partial charge in [0.05, 0.1) is 11.8 Å². The fraction of sp³-hybridized carbons (Fsp3) is 0.0526. The smallest absolute Gasteiger partial charge is 0.335 e. The summed E-state index contributed by atoms with van der Waals surface area (Å²) in [6, 6.07) is 13.0. The molecule has 2 N–H and O–H groups in total. The third-order valence-electron chi connectivity index (χ3n) is 3.63. The Balaban J connectivity index is 1.85. The maximum absolute atomic E-state index is 11.0. The second-order valence-corrected chi connectivity index (χ2v) is 5.86. The highest BCUT2D eigenvalue weighted by Gasteiger charge is 2.10. The molecule has 0 atom stereocenters. The minimum atomic E-state index is -0.968. The molecule has 25 heavy (non-hydrogen) atoms. The van der Waals surface area contributed by atoms with Gasteiger partial charge in [-0.05, 0) is 48.9 Å². The Morgan fingerprint density at radius 1 is 1.16 bits per heavy atom. The maximum Gasteiger partial charge on any atom is 0.335 e. The Labute approximate surface area is 148 Å². The maximum atomic E-state index is 11.0. The van der Waals surface area contributed by atoms with E-state index in [1.807, 2.05) is 6.92 Å². The lowest BCUT2D eigenvalue weighted by atomic mass is 10.0. The highest BCUT2D eigenvalue weighted by atomic mass is 35.5. The molecule has 2 aromatic carbocycles. The van der Waals surface area contributed by atoms with E-state index in [1.54, 1.807) is 36.4 Å². The fourth-order valence-corrected chi connectivity index (χ4v) is 2.55. The van der Waals surface area contributed by atoms with Crippen LogP contribution in [0.4, 0.5) is 5.69 Å². The van der Waals surface area contributed by atoms with Crippen molar-refractivity contribution in [3.63, 3.8) is 0 Å². The van der Waals surface area contributed by atoms with Crippen molar-refractivity contribution in [1.82, 2.24) is 0 Å². The van der Waals surface area contributed by atoms with Crippen LogP contribution in [0.1, 0.15) is 21.7 Å². The van der Waals surface area contributed by atoms with E-state index in [4.69, 9.17) is 21.1 Å². The molecule has 3 aromatic rings. The number of carbonyl (C=O) groups is 1. The summed E-state index contributed by atoms with van der Waals surface area (Å²) >= 11 is 5.78. The number of aryl methyl sites for hydroxylation is 1. The summed E-state index contributed by atoms with van der Waals surface area (Å²) in [5.41, 5.74) is 2.21. The molecule has 0 spiro atoms. The normalized spacial score (nSPS) is 11.1. The standard InChI is InChI=1S/C19H14ClNO4/c1-11-8-12(19(23)24)2-5-15(11)18-7-4-14(25-18)10-21-16-6-3-13(20)9-17(16)22/h2-10,22H,1H3,(H,23,24). The Bertz CT molecular complexity index is 975. The second-order valence-electron chi connectivity index (χ2n) is 5.43. The van der Waals surface area contributed by atoms with Crippen LogP contribution in [-0.4, -0.2) is 22.4 Å². The molecule has 0 saturated heterocycles. The number of aromatic carboxylic acids is 1. The van der Waals surface area contributed by atoms with Crippen LogP contribution in [0.3, 0.4) is 0 Å². The molecule has 5 nitrogen and oxygen atoms in total. The second kappa shape index (κ2) is 6.83. The topological polar surface area (TPSA) is 83.0 Å². The number of nitrogens with zero attached hydrogens (tertiary/aromatic N) is 1. The predicted molar refractivity (Wildman–Crippen MR) is 96.2 cm³/mol. The van der Waals surface area contributed by atoms with Gasteiger partial charge in [0.2, 0.25) is 0 Å². The first-order valence-electron chi connectivity index (χ1n) is 7.41. The molecule has 1 aromatic heterocycles. The van der Waals surface area contributed by atoms with E-state index in [2.05, 4.69) is 4.99 Å². The van der Waals surface area contributed by atoms with Crippen LogP contribution in [0, 0.1) is 6.92 Å². The fourth-order valence-electron chi connectivity index (χ4n) is 2.38. The number of rotatable bonds is 4. The third kappa shape index (κ3) is 3.72. The summed E-state index contributed by atoms with van der Waals surface area (Å²) in [6.45, 7) is 1.82. The molecule has 3 rings (SSSR count). The van der Waals surface area contributed by atoms with Crippen LogP contribution in [0.2, 0.25) is 5.02 Å². The number of halogens is 1. The van der Waals surface area contributed by atoms with Crippen LogP contribution in [-0.2, 0) is 0 Å². The van der Waals surface area contributed by atoms with Gasteiger partial charge >= 0.3 is 5.97 Å².